The molecule has 1 aromatic rings. The van der Waals surface area contributed by atoms with Gasteiger partial charge >= 0.3 is 5.97 Å². The van der Waals surface area contributed by atoms with Crippen molar-refractivity contribution in [2.75, 3.05) is 13.2 Å². The molecule has 1 aromatic carbocycles. The maximum atomic E-state index is 14.6. The number of halogens is 1. The summed E-state index contributed by atoms with van der Waals surface area (Å²) >= 11 is 0. The van der Waals surface area contributed by atoms with Crippen LogP contribution in [0.5, 0.6) is 0 Å². The SMILES string of the molecule is CCCC1CCC(OC(=O)c2ccc(C3OCC(CCC)CO3)c(F)c2)CC1. The molecule has 0 unspecified atom stereocenters. The number of hydrogen-bond donors (Lipinski definition) is 0. The maximum absolute atomic E-state index is 14.6. The Morgan fingerprint density at radius 1 is 1.04 bits per heavy atom. The first-order valence-corrected chi connectivity index (χ1v) is 10.8. The second-order valence-corrected chi connectivity index (χ2v) is 8.23. The average molecular weight is 393 g/mol. The van der Waals surface area contributed by atoms with Gasteiger partial charge in [0.05, 0.1) is 18.8 Å². The zero-order valence-corrected chi connectivity index (χ0v) is 17.1. The van der Waals surface area contributed by atoms with Crippen LogP contribution in [0.2, 0.25) is 0 Å². The molecule has 1 saturated carbocycles. The molecule has 2 aliphatic rings. The van der Waals surface area contributed by atoms with Gasteiger partial charge in [-0.3, -0.25) is 0 Å². The Bertz CT molecular complexity index is 631. The van der Waals surface area contributed by atoms with E-state index in [9.17, 15) is 9.18 Å². The van der Waals surface area contributed by atoms with Gasteiger partial charge in [0, 0.05) is 11.5 Å². The van der Waals surface area contributed by atoms with Crippen molar-refractivity contribution in [1.29, 1.82) is 0 Å². The second kappa shape index (κ2) is 10.4. The van der Waals surface area contributed by atoms with E-state index in [-0.39, 0.29) is 11.7 Å². The summed E-state index contributed by atoms with van der Waals surface area (Å²) in [6.07, 6.45) is 7.83. The molecule has 156 valence electrons. The lowest BCUT2D eigenvalue weighted by molar-refractivity contribution is -0.207. The van der Waals surface area contributed by atoms with E-state index >= 15 is 0 Å². The van der Waals surface area contributed by atoms with Crippen LogP contribution in [0.4, 0.5) is 4.39 Å². The number of carbonyl (C=O) groups is 1. The molecule has 28 heavy (non-hydrogen) atoms. The van der Waals surface area contributed by atoms with Gasteiger partial charge in [-0.25, -0.2) is 9.18 Å². The van der Waals surface area contributed by atoms with Gasteiger partial charge in [-0.1, -0.05) is 39.2 Å². The molecule has 0 atom stereocenters. The minimum atomic E-state index is -0.702. The molecular weight excluding hydrogens is 359 g/mol. The highest BCUT2D eigenvalue weighted by molar-refractivity contribution is 5.89. The number of esters is 1. The lowest BCUT2D eigenvalue weighted by Gasteiger charge is -2.30. The summed E-state index contributed by atoms with van der Waals surface area (Å²) < 4.78 is 31.6. The summed E-state index contributed by atoms with van der Waals surface area (Å²) in [6, 6.07) is 4.43. The number of benzene rings is 1. The third-order valence-electron chi connectivity index (χ3n) is 5.92. The van der Waals surface area contributed by atoms with Gasteiger partial charge in [0.25, 0.3) is 0 Å². The predicted octanol–water partition coefficient (Wildman–Crippen LogP) is 5.80. The lowest BCUT2D eigenvalue weighted by Crippen LogP contribution is -2.27. The highest BCUT2D eigenvalue weighted by Crippen LogP contribution is 2.31. The standard InChI is InChI=1S/C23H33FO4/c1-3-5-16-7-10-19(11-8-16)28-22(25)18-9-12-20(21(24)13-18)23-26-14-17(6-4-2)15-27-23/h9,12-13,16-17,19,23H,3-8,10-11,14-15H2,1-2H3. The molecule has 1 aliphatic carbocycles. The molecule has 0 aromatic heterocycles. The van der Waals surface area contributed by atoms with Gasteiger partial charge in [0.15, 0.2) is 6.29 Å². The van der Waals surface area contributed by atoms with E-state index < -0.39 is 18.1 Å². The van der Waals surface area contributed by atoms with Gasteiger partial charge in [-0.2, -0.15) is 0 Å². The summed E-state index contributed by atoms with van der Waals surface area (Å²) in [5.41, 5.74) is 0.586. The molecule has 1 heterocycles. The first-order chi connectivity index (χ1) is 13.6. The Hall–Kier alpha value is -1.46. The Kier molecular flexibility index (Phi) is 7.86. The van der Waals surface area contributed by atoms with E-state index in [2.05, 4.69) is 13.8 Å². The van der Waals surface area contributed by atoms with Crippen LogP contribution in [0, 0.1) is 17.7 Å². The number of carbonyl (C=O) groups excluding carboxylic acids is 1. The molecule has 0 spiro atoms. The fraction of sp³-hybridized carbons (Fsp3) is 0.696. The third kappa shape index (κ3) is 5.54. The van der Waals surface area contributed by atoms with E-state index in [1.807, 2.05) is 0 Å². The Morgan fingerprint density at radius 2 is 1.68 bits per heavy atom. The second-order valence-electron chi connectivity index (χ2n) is 8.23. The Morgan fingerprint density at radius 3 is 2.29 bits per heavy atom. The summed E-state index contributed by atoms with van der Waals surface area (Å²) in [7, 11) is 0. The third-order valence-corrected chi connectivity index (χ3v) is 5.92. The number of hydrogen-bond acceptors (Lipinski definition) is 4. The van der Waals surface area contributed by atoms with Crippen LogP contribution < -0.4 is 0 Å². The van der Waals surface area contributed by atoms with Crippen LogP contribution in [0.25, 0.3) is 0 Å². The zero-order chi connectivity index (χ0) is 19.9. The summed E-state index contributed by atoms with van der Waals surface area (Å²) in [5, 5.41) is 0. The summed E-state index contributed by atoms with van der Waals surface area (Å²) in [6.45, 7) is 5.47. The zero-order valence-electron chi connectivity index (χ0n) is 17.1. The van der Waals surface area contributed by atoms with Crippen molar-refractivity contribution in [3.05, 3.63) is 35.1 Å². The molecule has 1 saturated heterocycles. The molecule has 2 fully saturated rings. The average Bonchev–Trinajstić information content (AvgIpc) is 2.70. The summed E-state index contributed by atoms with van der Waals surface area (Å²) in [5.74, 6) is 0.188. The van der Waals surface area contributed by atoms with Crippen molar-refractivity contribution >= 4 is 5.97 Å². The topological polar surface area (TPSA) is 44.8 Å². The van der Waals surface area contributed by atoms with Crippen molar-refractivity contribution in [2.24, 2.45) is 11.8 Å². The highest BCUT2D eigenvalue weighted by Gasteiger charge is 2.27. The van der Waals surface area contributed by atoms with Crippen molar-refractivity contribution in [1.82, 2.24) is 0 Å². The largest absolute Gasteiger partial charge is 0.459 e. The van der Waals surface area contributed by atoms with Gasteiger partial charge < -0.3 is 14.2 Å². The van der Waals surface area contributed by atoms with Gasteiger partial charge in [-0.05, 0) is 50.2 Å². The molecule has 1 aliphatic heterocycles. The van der Waals surface area contributed by atoms with Gasteiger partial charge in [0.2, 0.25) is 0 Å². The molecule has 5 heteroatoms. The first-order valence-electron chi connectivity index (χ1n) is 10.8. The van der Waals surface area contributed by atoms with Crippen LogP contribution in [0.15, 0.2) is 18.2 Å². The van der Waals surface area contributed by atoms with Crippen LogP contribution in [0.3, 0.4) is 0 Å². The van der Waals surface area contributed by atoms with E-state index in [0.29, 0.717) is 24.7 Å². The van der Waals surface area contributed by atoms with Gasteiger partial charge in [0.1, 0.15) is 11.9 Å². The van der Waals surface area contributed by atoms with Crippen LogP contribution >= 0.6 is 0 Å². The van der Waals surface area contributed by atoms with Crippen molar-refractivity contribution in [3.8, 4) is 0 Å². The molecule has 0 bridgehead atoms. The fourth-order valence-electron chi connectivity index (χ4n) is 4.31. The molecule has 3 rings (SSSR count). The number of rotatable bonds is 7. The molecule has 0 radical (unpaired) electrons. The van der Waals surface area contributed by atoms with Gasteiger partial charge in [-0.15, -0.1) is 0 Å². The Labute approximate surface area is 167 Å². The normalized spacial score (nSPS) is 28.1. The van der Waals surface area contributed by atoms with Crippen molar-refractivity contribution < 1.29 is 23.4 Å². The smallest absolute Gasteiger partial charge is 0.338 e. The van der Waals surface area contributed by atoms with E-state index in [0.717, 1.165) is 44.4 Å². The van der Waals surface area contributed by atoms with Crippen molar-refractivity contribution in [2.45, 2.75) is 77.6 Å². The minimum Gasteiger partial charge on any atom is -0.459 e. The van der Waals surface area contributed by atoms with Crippen LogP contribution in [0.1, 0.15) is 87.4 Å². The quantitative estimate of drug-likeness (QED) is 0.550. The monoisotopic (exact) mass is 392 g/mol. The molecule has 0 N–H and O–H groups in total. The molecular formula is C23H33FO4. The van der Waals surface area contributed by atoms with E-state index in [1.54, 1.807) is 12.1 Å². The first kappa shape index (κ1) is 21.3. The number of ether oxygens (including phenoxy) is 3. The van der Waals surface area contributed by atoms with Crippen LogP contribution in [-0.2, 0) is 14.2 Å². The van der Waals surface area contributed by atoms with E-state index in [1.165, 1.54) is 18.9 Å². The predicted molar refractivity (Wildman–Crippen MR) is 106 cm³/mol. The highest BCUT2D eigenvalue weighted by atomic mass is 19.1. The Balaban J connectivity index is 1.53. The van der Waals surface area contributed by atoms with Crippen molar-refractivity contribution in [3.63, 3.8) is 0 Å². The molecule has 4 nitrogen and oxygen atoms in total. The van der Waals surface area contributed by atoms with E-state index in [4.69, 9.17) is 14.2 Å². The summed E-state index contributed by atoms with van der Waals surface area (Å²) in [4.78, 5) is 12.4. The lowest BCUT2D eigenvalue weighted by atomic mass is 9.85. The maximum Gasteiger partial charge on any atom is 0.338 e. The molecule has 0 amide bonds. The fourth-order valence-corrected chi connectivity index (χ4v) is 4.31. The van der Waals surface area contributed by atoms with Crippen LogP contribution in [-0.4, -0.2) is 25.3 Å². The minimum absolute atomic E-state index is 0.0520.